The molecule has 2 aromatic rings. The maximum atomic E-state index is 5.87. The molecule has 0 spiro atoms. The predicted octanol–water partition coefficient (Wildman–Crippen LogP) is 2.71. The first-order chi connectivity index (χ1) is 8.69. The summed E-state index contributed by atoms with van der Waals surface area (Å²) in [5, 5.41) is 0. The number of hydrogen-bond donors (Lipinski definition) is 2. The molecule has 1 aromatic heterocycles. The van der Waals surface area contributed by atoms with Crippen molar-refractivity contribution in [3.8, 4) is 5.75 Å². The fourth-order valence-corrected chi connectivity index (χ4v) is 1.87. The number of aromatic nitrogens is 2. The molecule has 0 saturated carbocycles. The van der Waals surface area contributed by atoms with E-state index in [4.69, 9.17) is 22.7 Å². The van der Waals surface area contributed by atoms with Crippen molar-refractivity contribution in [3.05, 3.63) is 46.4 Å². The van der Waals surface area contributed by atoms with E-state index in [1.807, 2.05) is 31.2 Å². The fourth-order valence-electron chi connectivity index (χ4n) is 1.71. The maximum Gasteiger partial charge on any atom is 0.198 e. The second kappa shape index (κ2) is 5.64. The van der Waals surface area contributed by atoms with Crippen LogP contribution in [0, 0.1) is 4.77 Å². The number of benzene rings is 1. The summed E-state index contributed by atoms with van der Waals surface area (Å²) in [6, 6.07) is 7.94. The molecule has 0 amide bonds. The minimum absolute atomic E-state index is 0.402. The van der Waals surface area contributed by atoms with E-state index in [1.54, 1.807) is 6.20 Å². The standard InChI is InChI=1S/C13H15N3OS/c1-2-17-11-5-3-4-9(7-11)6-10-8-15-13(18)16-12(10)14/h3-5,7-8H,2,6H2,1H3,(H3,14,15,16,18). The second-order valence-electron chi connectivity index (χ2n) is 3.88. The van der Waals surface area contributed by atoms with Gasteiger partial charge in [-0.2, -0.15) is 0 Å². The van der Waals surface area contributed by atoms with Crippen LogP contribution in [-0.2, 0) is 6.42 Å². The van der Waals surface area contributed by atoms with Crippen LogP contribution in [-0.4, -0.2) is 16.6 Å². The summed E-state index contributed by atoms with van der Waals surface area (Å²) >= 11 is 4.91. The van der Waals surface area contributed by atoms with Crippen LogP contribution >= 0.6 is 12.2 Å². The molecule has 0 fully saturated rings. The summed E-state index contributed by atoms with van der Waals surface area (Å²) in [6.45, 7) is 2.62. The third-order valence-electron chi connectivity index (χ3n) is 2.53. The van der Waals surface area contributed by atoms with Gasteiger partial charge < -0.3 is 15.5 Å². The van der Waals surface area contributed by atoms with Crippen molar-refractivity contribution >= 4 is 18.0 Å². The zero-order valence-electron chi connectivity index (χ0n) is 10.1. The summed E-state index contributed by atoms with van der Waals surface area (Å²) in [7, 11) is 0. The Balaban J connectivity index is 2.22. The average molecular weight is 261 g/mol. The Labute approximate surface area is 111 Å². The van der Waals surface area contributed by atoms with E-state index in [0.717, 1.165) is 16.9 Å². The molecule has 1 heterocycles. The monoisotopic (exact) mass is 261 g/mol. The number of nitrogens with zero attached hydrogens (tertiary/aromatic N) is 1. The lowest BCUT2D eigenvalue weighted by Crippen LogP contribution is -2.01. The van der Waals surface area contributed by atoms with Crippen molar-refractivity contribution in [2.75, 3.05) is 12.3 Å². The number of hydrogen-bond acceptors (Lipinski definition) is 4. The maximum absolute atomic E-state index is 5.87. The molecule has 4 nitrogen and oxygen atoms in total. The van der Waals surface area contributed by atoms with Crippen LogP contribution in [0.5, 0.6) is 5.75 Å². The molecule has 0 aliphatic carbocycles. The highest BCUT2D eigenvalue weighted by molar-refractivity contribution is 7.71. The topological polar surface area (TPSA) is 63.9 Å². The molecule has 18 heavy (non-hydrogen) atoms. The van der Waals surface area contributed by atoms with Crippen LogP contribution < -0.4 is 10.5 Å². The smallest absolute Gasteiger partial charge is 0.198 e. The lowest BCUT2D eigenvalue weighted by Gasteiger charge is -2.07. The Hall–Kier alpha value is -1.88. The highest BCUT2D eigenvalue weighted by atomic mass is 32.1. The average Bonchev–Trinajstić information content (AvgIpc) is 2.34. The SMILES string of the molecule is CCOc1cccc(Cc2cnc(=S)[nH]c2N)c1. The summed E-state index contributed by atoms with van der Waals surface area (Å²) < 4.78 is 5.86. The Morgan fingerprint density at radius 1 is 1.44 bits per heavy atom. The van der Waals surface area contributed by atoms with Gasteiger partial charge in [-0.3, -0.25) is 0 Å². The van der Waals surface area contributed by atoms with Gasteiger partial charge in [0.25, 0.3) is 0 Å². The summed E-state index contributed by atoms with van der Waals surface area (Å²) in [6.07, 6.45) is 2.41. The number of aromatic amines is 1. The van der Waals surface area contributed by atoms with Gasteiger partial charge in [-0.15, -0.1) is 0 Å². The molecular weight excluding hydrogens is 246 g/mol. The predicted molar refractivity (Wildman–Crippen MR) is 74.3 cm³/mol. The van der Waals surface area contributed by atoms with Crippen LogP contribution in [0.3, 0.4) is 0 Å². The molecule has 2 rings (SSSR count). The third-order valence-corrected chi connectivity index (χ3v) is 2.74. The molecule has 0 unspecified atom stereocenters. The molecule has 5 heteroatoms. The Morgan fingerprint density at radius 2 is 2.28 bits per heavy atom. The molecular formula is C13H15N3OS. The zero-order valence-corrected chi connectivity index (χ0v) is 11.0. The van der Waals surface area contributed by atoms with Gasteiger partial charge in [0.2, 0.25) is 0 Å². The second-order valence-corrected chi connectivity index (χ2v) is 4.27. The van der Waals surface area contributed by atoms with E-state index < -0.39 is 0 Å². The van der Waals surface area contributed by atoms with Crippen molar-refractivity contribution in [2.45, 2.75) is 13.3 Å². The molecule has 0 atom stereocenters. The number of nitrogen functional groups attached to an aromatic ring is 1. The van der Waals surface area contributed by atoms with E-state index in [-0.39, 0.29) is 0 Å². The minimum Gasteiger partial charge on any atom is -0.494 e. The van der Waals surface area contributed by atoms with E-state index >= 15 is 0 Å². The molecule has 0 aliphatic heterocycles. The van der Waals surface area contributed by atoms with Gasteiger partial charge in [-0.25, -0.2) is 4.98 Å². The summed E-state index contributed by atoms with van der Waals surface area (Å²) in [5.41, 5.74) is 7.93. The molecule has 0 aliphatic rings. The zero-order chi connectivity index (χ0) is 13.0. The number of H-pyrrole nitrogens is 1. The van der Waals surface area contributed by atoms with Crippen LogP contribution in [0.4, 0.5) is 5.82 Å². The normalized spacial score (nSPS) is 10.3. The van der Waals surface area contributed by atoms with Crippen molar-refractivity contribution < 1.29 is 4.74 Å². The molecule has 1 aromatic carbocycles. The third kappa shape index (κ3) is 3.07. The Kier molecular flexibility index (Phi) is 3.94. The lowest BCUT2D eigenvalue weighted by molar-refractivity contribution is 0.340. The first-order valence-corrected chi connectivity index (χ1v) is 6.15. The van der Waals surface area contributed by atoms with Crippen LogP contribution in [0.25, 0.3) is 0 Å². The Bertz CT molecular complexity index is 595. The van der Waals surface area contributed by atoms with Gasteiger partial charge in [-0.1, -0.05) is 12.1 Å². The molecule has 0 radical (unpaired) electrons. The summed E-state index contributed by atoms with van der Waals surface area (Å²) in [4.78, 5) is 6.89. The highest BCUT2D eigenvalue weighted by Crippen LogP contribution is 2.18. The van der Waals surface area contributed by atoms with Crippen LogP contribution in [0.2, 0.25) is 0 Å². The number of nitrogens with two attached hydrogens (primary N) is 1. The van der Waals surface area contributed by atoms with Gasteiger partial charge in [-0.05, 0) is 36.8 Å². The molecule has 3 N–H and O–H groups in total. The largest absolute Gasteiger partial charge is 0.494 e. The van der Waals surface area contributed by atoms with Crippen molar-refractivity contribution in [2.24, 2.45) is 0 Å². The minimum atomic E-state index is 0.402. The van der Waals surface area contributed by atoms with E-state index in [1.165, 1.54) is 0 Å². The number of anilines is 1. The summed E-state index contributed by atoms with van der Waals surface area (Å²) in [5.74, 6) is 1.43. The van der Waals surface area contributed by atoms with E-state index in [2.05, 4.69) is 9.97 Å². The lowest BCUT2D eigenvalue weighted by atomic mass is 10.1. The van der Waals surface area contributed by atoms with Crippen molar-refractivity contribution in [1.29, 1.82) is 0 Å². The van der Waals surface area contributed by atoms with E-state index in [9.17, 15) is 0 Å². The number of rotatable bonds is 4. The van der Waals surface area contributed by atoms with Gasteiger partial charge in [0.1, 0.15) is 11.6 Å². The molecule has 0 saturated heterocycles. The first-order valence-electron chi connectivity index (χ1n) is 5.74. The van der Waals surface area contributed by atoms with Gasteiger partial charge in [0, 0.05) is 18.2 Å². The number of nitrogens with one attached hydrogen (secondary N) is 1. The van der Waals surface area contributed by atoms with Crippen molar-refractivity contribution in [3.63, 3.8) is 0 Å². The van der Waals surface area contributed by atoms with Gasteiger partial charge >= 0.3 is 0 Å². The molecule has 94 valence electrons. The quantitative estimate of drug-likeness (QED) is 0.831. The fraction of sp³-hybridized carbons (Fsp3) is 0.231. The first kappa shape index (κ1) is 12.6. The van der Waals surface area contributed by atoms with Gasteiger partial charge in [0.15, 0.2) is 4.77 Å². The van der Waals surface area contributed by atoms with Gasteiger partial charge in [0.05, 0.1) is 6.61 Å². The highest BCUT2D eigenvalue weighted by Gasteiger charge is 2.03. The Morgan fingerprint density at radius 3 is 3.00 bits per heavy atom. The van der Waals surface area contributed by atoms with Crippen molar-refractivity contribution in [1.82, 2.24) is 9.97 Å². The van der Waals surface area contributed by atoms with E-state index in [0.29, 0.717) is 23.6 Å². The number of ether oxygens (including phenoxy) is 1. The van der Waals surface area contributed by atoms with Crippen LogP contribution in [0.1, 0.15) is 18.1 Å². The van der Waals surface area contributed by atoms with Crippen LogP contribution in [0.15, 0.2) is 30.5 Å². The molecule has 0 bridgehead atoms.